The van der Waals surface area contributed by atoms with E-state index in [1.165, 1.54) is 24.8 Å². The van der Waals surface area contributed by atoms with Crippen molar-refractivity contribution >= 4 is 21.6 Å². The lowest BCUT2D eigenvalue weighted by Crippen LogP contribution is -2.47. The van der Waals surface area contributed by atoms with E-state index < -0.39 is 16.1 Å². The summed E-state index contributed by atoms with van der Waals surface area (Å²) in [6.07, 6.45) is 4.83. The molecule has 1 aliphatic rings. The lowest BCUT2D eigenvalue weighted by molar-refractivity contribution is -0.122. The van der Waals surface area contributed by atoms with Gasteiger partial charge in [-0.2, -0.15) is 0 Å². The lowest BCUT2D eigenvalue weighted by atomic mass is 10.0. The quantitative estimate of drug-likeness (QED) is 0.409. The summed E-state index contributed by atoms with van der Waals surface area (Å²) in [7, 11) is -3.72. The molecule has 0 saturated carbocycles. The molecule has 0 radical (unpaired) electrons. The molecule has 7 nitrogen and oxygen atoms in total. The highest BCUT2D eigenvalue weighted by atomic mass is 32.2. The van der Waals surface area contributed by atoms with Crippen molar-refractivity contribution in [1.82, 2.24) is 10.2 Å². The number of piperidine rings is 1. The number of benzene rings is 3. The fraction of sp³-hybridized carbons (Fsp3) is 0.345. The third kappa shape index (κ3) is 7.33. The van der Waals surface area contributed by atoms with E-state index in [2.05, 4.69) is 16.3 Å². The summed E-state index contributed by atoms with van der Waals surface area (Å²) in [6, 6.07) is 23.2. The predicted octanol–water partition coefficient (Wildman–Crippen LogP) is 4.94. The second-order valence-corrected chi connectivity index (χ2v) is 11.3. The molecule has 0 aromatic heterocycles. The van der Waals surface area contributed by atoms with E-state index in [9.17, 15) is 13.2 Å². The summed E-state index contributed by atoms with van der Waals surface area (Å²) < 4.78 is 32.4. The Morgan fingerprint density at radius 1 is 0.892 bits per heavy atom. The fourth-order valence-electron chi connectivity index (χ4n) is 4.67. The van der Waals surface area contributed by atoms with Crippen molar-refractivity contribution < 1.29 is 17.9 Å². The number of rotatable bonds is 10. The topological polar surface area (TPSA) is 79.0 Å². The summed E-state index contributed by atoms with van der Waals surface area (Å²) in [5.41, 5.74) is 2.63. The number of anilines is 1. The van der Waals surface area contributed by atoms with Crippen molar-refractivity contribution in [3.05, 3.63) is 90.0 Å². The van der Waals surface area contributed by atoms with Gasteiger partial charge in [-0.25, -0.2) is 8.42 Å². The Kier molecular flexibility index (Phi) is 8.84. The zero-order chi connectivity index (χ0) is 26.3. The van der Waals surface area contributed by atoms with Gasteiger partial charge in [-0.05, 0) is 80.4 Å². The van der Waals surface area contributed by atoms with Crippen LogP contribution in [-0.4, -0.2) is 44.6 Å². The second kappa shape index (κ2) is 12.3. The van der Waals surface area contributed by atoms with Gasteiger partial charge < -0.3 is 10.1 Å². The zero-order valence-electron chi connectivity index (χ0n) is 21.5. The van der Waals surface area contributed by atoms with Crippen LogP contribution in [-0.2, 0) is 27.9 Å². The molecule has 3 aromatic rings. The molecule has 0 unspecified atom stereocenters. The van der Waals surface area contributed by atoms with Crippen molar-refractivity contribution in [2.45, 2.75) is 45.3 Å². The maximum Gasteiger partial charge on any atom is 0.243 e. The van der Waals surface area contributed by atoms with Crippen molar-refractivity contribution in [1.29, 1.82) is 0 Å². The molecule has 3 aromatic carbocycles. The first kappa shape index (κ1) is 26.7. The molecule has 0 spiro atoms. The number of carbonyl (C=O) groups excluding carboxylic acids is 1. The molecule has 37 heavy (non-hydrogen) atoms. The Morgan fingerprint density at radius 2 is 1.49 bits per heavy atom. The van der Waals surface area contributed by atoms with E-state index in [1.54, 1.807) is 31.2 Å². The molecule has 0 aliphatic carbocycles. The number of nitrogens with zero attached hydrogens (tertiary/aromatic N) is 2. The number of amides is 1. The van der Waals surface area contributed by atoms with Gasteiger partial charge in [0.1, 0.15) is 17.5 Å². The number of ether oxygens (including phenoxy) is 1. The molecule has 196 valence electrons. The van der Waals surface area contributed by atoms with Gasteiger partial charge in [0.05, 0.1) is 11.9 Å². The number of para-hydroxylation sites is 1. The minimum Gasteiger partial charge on any atom is -0.457 e. The van der Waals surface area contributed by atoms with E-state index >= 15 is 0 Å². The normalized spacial score (nSPS) is 15.1. The Hall–Kier alpha value is -3.36. The van der Waals surface area contributed by atoms with Gasteiger partial charge >= 0.3 is 0 Å². The minimum absolute atomic E-state index is 0.342. The highest BCUT2D eigenvalue weighted by Crippen LogP contribution is 2.27. The number of carbonyl (C=O) groups is 1. The summed E-state index contributed by atoms with van der Waals surface area (Å²) in [5.74, 6) is 0.900. The van der Waals surface area contributed by atoms with E-state index in [1.807, 2.05) is 48.5 Å². The number of hydrogen-bond acceptors (Lipinski definition) is 5. The van der Waals surface area contributed by atoms with Crippen LogP contribution < -0.4 is 14.4 Å². The highest BCUT2D eigenvalue weighted by Gasteiger charge is 2.29. The fourth-order valence-corrected chi connectivity index (χ4v) is 5.84. The average Bonchev–Trinajstić information content (AvgIpc) is 2.89. The van der Waals surface area contributed by atoms with E-state index in [-0.39, 0.29) is 5.91 Å². The highest BCUT2D eigenvalue weighted by molar-refractivity contribution is 7.92. The molecule has 1 atom stereocenters. The van der Waals surface area contributed by atoms with Crippen molar-refractivity contribution in [2.75, 3.05) is 23.7 Å². The molecule has 0 bridgehead atoms. The first-order valence-corrected chi connectivity index (χ1v) is 14.6. The molecule has 4 rings (SSSR count). The molecular formula is C29H35N3O4S. The summed E-state index contributed by atoms with van der Waals surface area (Å²) in [5, 5.41) is 2.95. The molecular weight excluding hydrogens is 486 g/mol. The Balaban J connectivity index is 1.43. The van der Waals surface area contributed by atoms with Gasteiger partial charge in [0.2, 0.25) is 15.9 Å². The van der Waals surface area contributed by atoms with E-state index in [0.717, 1.165) is 35.8 Å². The smallest absolute Gasteiger partial charge is 0.243 e. The van der Waals surface area contributed by atoms with Crippen LogP contribution in [0.25, 0.3) is 0 Å². The van der Waals surface area contributed by atoms with Crippen molar-refractivity contribution in [2.24, 2.45) is 0 Å². The first-order valence-electron chi connectivity index (χ1n) is 12.7. The van der Waals surface area contributed by atoms with E-state index in [4.69, 9.17) is 4.74 Å². The molecule has 1 heterocycles. The third-order valence-corrected chi connectivity index (χ3v) is 7.81. The van der Waals surface area contributed by atoms with Crippen LogP contribution in [0.15, 0.2) is 78.9 Å². The predicted molar refractivity (Wildman–Crippen MR) is 147 cm³/mol. The molecule has 1 amide bonds. The molecule has 1 aliphatic heterocycles. The Labute approximate surface area is 220 Å². The van der Waals surface area contributed by atoms with Crippen LogP contribution in [0.1, 0.15) is 37.3 Å². The van der Waals surface area contributed by atoms with Gasteiger partial charge in [-0.3, -0.25) is 14.0 Å². The van der Waals surface area contributed by atoms with Crippen molar-refractivity contribution in [3.8, 4) is 11.5 Å². The van der Waals surface area contributed by atoms with Crippen LogP contribution in [0.4, 0.5) is 5.69 Å². The number of sulfonamides is 1. The van der Waals surface area contributed by atoms with E-state index in [0.29, 0.717) is 23.7 Å². The van der Waals surface area contributed by atoms with Crippen LogP contribution in [0.3, 0.4) is 0 Å². The van der Waals surface area contributed by atoms with Gasteiger partial charge in [0, 0.05) is 13.1 Å². The average molecular weight is 522 g/mol. The third-order valence-electron chi connectivity index (χ3n) is 6.57. The number of hydrogen-bond donors (Lipinski definition) is 1. The number of nitrogens with one attached hydrogen (secondary N) is 1. The molecule has 8 heteroatoms. The van der Waals surface area contributed by atoms with Gasteiger partial charge in [-0.15, -0.1) is 0 Å². The zero-order valence-corrected chi connectivity index (χ0v) is 22.3. The van der Waals surface area contributed by atoms with Gasteiger partial charge in [-0.1, -0.05) is 48.9 Å². The maximum absolute atomic E-state index is 13.1. The Bertz CT molecular complexity index is 1270. The first-order chi connectivity index (χ1) is 17.8. The molecule has 1 N–H and O–H groups in total. The standard InChI is InChI=1S/C29H35N3O4S/c1-23(29(33)30-21-24-11-7-8-12-25(24)22-31-19-9-4-10-20-31)32(37(2,34)35)26-15-17-28(18-16-26)36-27-13-5-3-6-14-27/h3,5-8,11-18,23H,4,9-10,19-22H2,1-2H3,(H,30,33)/t23-/m0/s1. The second-order valence-electron chi connectivity index (χ2n) is 9.47. The largest absolute Gasteiger partial charge is 0.457 e. The maximum atomic E-state index is 13.1. The molecule has 1 fully saturated rings. The van der Waals surface area contributed by atoms with Crippen LogP contribution in [0.2, 0.25) is 0 Å². The number of likely N-dealkylation sites (tertiary alicyclic amines) is 1. The molecule has 1 saturated heterocycles. The van der Waals surface area contributed by atoms with Gasteiger partial charge in [0.15, 0.2) is 0 Å². The summed E-state index contributed by atoms with van der Waals surface area (Å²) in [6.45, 7) is 4.99. The summed E-state index contributed by atoms with van der Waals surface area (Å²) in [4.78, 5) is 15.6. The van der Waals surface area contributed by atoms with Crippen LogP contribution >= 0.6 is 0 Å². The van der Waals surface area contributed by atoms with Crippen LogP contribution in [0.5, 0.6) is 11.5 Å². The summed E-state index contributed by atoms with van der Waals surface area (Å²) >= 11 is 0. The van der Waals surface area contributed by atoms with Crippen LogP contribution in [0, 0.1) is 0 Å². The lowest BCUT2D eigenvalue weighted by Gasteiger charge is -2.29. The minimum atomic E-state index is -3.72. The Morgan fingerprint density at radius 3 is 2.14 bits per heavy atom. The van der Waals surface area contributed by atoms with Gasteiger partial charge in [0.25, 0.3) is 0 Å². The van der Waals surface area contributed by atoms with Crippen molar-refractivity contribution in [3.63, 3.8) is 0 Å². The SMILES string of the molecule is C[C@@H](C(=O)NCc1ccccc1CN1CCCCC1)N(c1ccc(Oc2ccccc2)cc1)S(C)(=O)=O. The monoisotopic (exact) mass is 521 g/mol.